The number of amides is 1. The number of furan rings is 1. The van der Waals surface area contributed by atoms with Gasteiger partial charge in [0.25, 0.3) is 5.91 Å². The van der Waals surface area contributed by atoms with Gasteiger partial charge in [0.15, 0.2) is 11.7 Å². The van der Waals surface area contributed by atoms with Crippen LogP contribution in [-0.4, -0.2) is 27.9 Å². The number of hydrogen-bond donors (Lipinski definition) is 2. The first-order chi connectivity index (χ1) is 12.8. The van der Waals surface area contributed by atoms with Crippen molar-refractivity contribution < 1.29 is 22.4 Å². The van der Waals surface area contributed by atoms with Crippen LogP contribution in [0.15, 0.2) is 22.8 Å². The number of carbonyl (C=O) groups excluding carboxylic acids is 1. The summed E-state index contributed by atoms with van der Waals surface area (Å²) < 4.78 is 46.9. The second kappa shape index (κ2) is 6.78. The fraction of sp³-hybridized carbons (Fsp3) is 0.529. The molecule has 1 aliphatic heterocycles. The number of hydrogen-bond acceptors (Lipinski definition) is 4. The van der Waals surface area contributed by atoms with Gasteiger partial charge in [-0.05, 0) is 25.0 Å². The Morgan fingerprint density at radius 3 is 2.74 bits per heavy atom. The number of carbonyl (C=O) groups is 1. The van der Waals surface area contributed by atoms with Gasteiger partial charge in [-0.3, -0.25) is 4.79 Å². The van der Waals surface area contributed by atoms with Crippen molar-refractivity contribution in [1.82, 2.24) is 15.1 Å². The monoisotopic (exact) mass is 402 g/mol. The van der Waals surface area contributed by atoms with Crippen molar-refractivity contribution in [1.29, 1.82) is 0 Å². The van der Waals surface area contributed by atoms with E-state index in [9.17, 15) is 18.0 Å². The highest BCUT2D eigenvalue weighted by atomic mass is 35.5. The molecule has 0 radical (unpaired) electrons. The lowest BCUT2D eigenvalue weighted by Gasteiger charge is -2.32. The fourth-order valence-corrected chi connectivity index (χ4v) is 4.00. The molecule has 0 saturated heterocycles. The molecule has 4 rings (SSSR count). The molecule has 2 atom stereocenters. The van der Waals surface area contributed by atoms with E-state index in [-0.39, 0.29) is 29.0 Å². The van der Waals surface area contributed by atoms with Crippen molar-refractivity contribution in [3.05, 3.63) is 34.9 Å². The molecule has 6 nitrogen and oxygen atoms in total. The topological polar surface area (TPSA) is 72.1 Å². The molecule has 10 heteroatoms. The molecule has 0 spiro atoms. The summed E-state index contributed by atoms with van der Waals surface area (Å²) in [4.78, 5) is 12.5. The zero-order chi connectivity index (χ0) is 19.2. The van der Waals surface area contributed by atoms with Crippen LogP contribution in [0, 0.1) is 0 Å². The highest BCUT2D eigenvalue weighted by molar-refractivity contribution is 6.36. The first-order valence-electron chi connectivity index (χ1n) is 8.80. The van der Waals surface area contributed by atoms with E-state index >= 15 is 0 Å². The normalized spacial score (nSPS) is 23.1. The second-order valence-corrected chi connectivity index (χ2v) is 7.29. The number of alkyl halides is 3. The molecule has 0 unspecified atom stereocenters. The quantitative estimate of drug-likeness (QED) is 0.795. The molecule has 1 fully saturated rings. The van der Waals surface area contributed by atoms with Gasteiger partial charge in [0.2, 0.25) is 0 Å². The number of fused-ring (bicyclic) bond motifs is 1. The van der Waals surface area contributed by atoms with Crippen LogP contribution in [0.5, 0.6) is 0 Å². The zero-order valence-electron chi connectivity index (χ0n) is 14.2. The number of rotatable bonds is 3. The van der Waals surface area contributed by atoms with Gasteiger partial charge in [-0.1, -0.05) is 24.4 Å². The van der Waals surface area contributed by atoms with Crippen molar-refractivity contribution in [2.75, 3.05) is 5.32 Å². The van der Waals surface area contributed by atoms with E-state index in [1.165, 1.54) is 6.26 Å². The number of nitrogens with one attached hydrogen (secondary N) is 2. The minimum atomic E-state index is -4.55. The number of nitrogens with zero attached hydrogens (tertiary/aromatic N) is 2. The van der Waals surface area contributed by atoms with Gasteiger partial charge >= 0.3 is 6.18 Å². The van der Waals surface area contributed by atoms with E-state index in [1.807, 2.05) is 0 Å². The Labute approximate surface area is 158 Å². The second-order valence-electron chi connectivity index (χ2n) is 6.92. The van der Waals surface area contributed by atoms with Crippen molar-refractivity contribution in [2.24, 2.45) is 0 Å². The van der Waals surface area contributed by atoms with Crippen LogP contribution in [0.4, 0.5) is 19.0 Å². The van der Waals surface area contributed by atoms with E-state index in [1.54, 1.807) is 12.1 Å². The third kappa shape index (κ3) is 3.40. The standard InChI is InChI=1S/C17H18ClF3N4O2/c18-13-14(16(26)22-9-4-1-2-5-9)24-25-12(17(19,20)21)8-10(23-15(13)25)11-6-3-7-27-11/h3,6-7,9-10,12,23H,1-2,4-5,8H2,(H,22,26)/t10-,12+/m1/s1. The van der Waals surface area contributed by atoms with Crippen LogP contribution in [0.25, 0.3) is 0 Å². The Morgan fingerprint density at radius 1 is 1.37 bits per heavy atom. The Hall–Kier alpha value is -2.16. The Kier molecular flexibility index (Phi) is 4.57. The molecule has 27 heavy (non-hydrogen) atoms. The smallest absolute Gasteiger partial charge is 0.410 e. The lowest BCUT2D eigenvalue weighted by molar-refractivity contribution is -0.174. The van der Waals surface area contributed by atoms with E-state index < -0.39 is 24.2 Å². The molecule has 0 bridgehead atoms. The summed E-state index contributed by atoms with van der Waals surface area (Å²) in [5, 5.41) is 9.54. The maximum atomic E-state index is 13.6. The van der Waals surface area contributed by atoms with Crippen molar-refractivity contribution in [2.45, 2.75) is 56.4 Å². The van der Waals surface area contributed by atoms with Crippen LogP contribution in [0.3, 0.4) is 0 Å². The third-order valence-electron chi connectivity index (χ3n) is 5.09. The molecule has 146 valence electrons. The van der Waals surface area contributed by atoms with E-state index in [4.69, 9.17) is 16.0 Å². The summed E-state index contributed by atoms with van der Waals surface area (Å²) >= 11 is 6.26. The minimum Gasteiger partial charge on any atom is -0.467 e. The summed E-state index contributed by atoms with van der Waals surface area (Å²) in [7, 11) is 0. The lowest BCUT2D eigenvalue weighted by Crippen LogP contribution is -2.36. The third-order valence-corrected chi connectivity index (χ3v) is 5.45. The lowest BCUT2D eigenvalue weighted by atomic mass is 10.0. The van der Waals surface area contributed by atoms with E-state index in [0.717, 1.165) is 30.4 Å². The first kappa shape index (κ1) is 18.2. The molecule has 1 amide bonds. The van der Waals surface area contributed by atoms with Crippen LogP contribution in [-0.2, 0) is 0 Å². The number of aromatic nitrogens is 2. The average molecular weight is 403 g/mol. The average Bonchev–Trinajstić information content (AvgIpc) is 3.35. The highest BCUT2D eigenvalue weighted by Crippen LogP contribution is 2.46. The minimum absolute atomic E-state index is 0.00883. The SMILES string of the molecule is O=C(NC1CCCC1)c1nn2c(c1Cl)N[C@@H](c1ccco1)C[C@H]2C(F)(F)F. The number of anilines is 1. The van der Waals surface area contributed by atoms with Gasteiger partial charge < -0.3 is 15.1 Å². The summed E-state index contributed by atoms with van der Waals surface area (Å²) in [6.45, 7) is 0. The largest absolute Gasteiger partial charge is 0.467 e. The van der Waals surface area contributed by atoms with Crippen LogP contribution in [0.1, 0.15) is 60.4 Å². The van der Waals surface area contributed by atoms with Gasteiger partial charge in [0, 0.05) is 12.5 Å². The van der Waals surface area contributed by atoms with Gasteiger partial charge in [-0.25, -0.2) is 4.68 Å². The van der Waals surface area contributed by atoms with Gasteiger partial charge in [-0.15, -0.1) is 0 Å². The summed E-state index contributed by atoms with van der Waals surface area (Å²) in [6, 6.07) is 0.578. The van der Waals surface area contributed by atoms with Crippen molar-refractivity contribution in [3.8, 4) is 0 Å². The first-order valence-corrected chi connectivity index (χ1v) is 9.18. The molecule has 2 aliphatic rings. The molecule has 0 aromatic carbocycles. The predicted octanol–water partition coefficient (Wildman–Crippen LogP) is 4.46. The van der Waals surface area contributed by atoms with E-state index in [0.29, 0.717) is 5.76 Å². The van der Waals surface area contributed by atoms with E-state index in [2.05, 4.69) is 15.7 Å². The molecule has 3 heterocycles. The Bertz CT molecular complexity index is 828. The van der Waals surface area contributed by atoms with Crippen molar-refractivity contribution >= 4 is 23.3 Å². The Morgan fingerprint density at radius 2 is 2.11 bits per heavy atom. The molecule has 2 aromatic heterocycles. The molecular weight excluding hydrogens is 385 g/mol. The Balaban J connectivity index is 1.67. The van der Waals surface area contributed by atoms with Crippen LogP contribution >= 0.6 is 11.6 Å². The molecular formula is C17H18ClF3N4O2. The molecule has 2 N–H and O–H groups in total. The van der Waals surface area contributed by atoms with Gasteiger partial charge in [-0.2, -0.15) is 18.3 Å². The number of halogens is 4. The van der Waals surface area contributed by atoms with Crippen LogP contribution in [0.2, 0.25) is 5.02 Å². The maximum absolute atomic E-state index is 13.6. The van der Waals surface area contributed by atoms with Crippen molar-refractivity contribution in [3.63, 3.8) is 0 Å². The highest BCUT2D eigenvalue weighted by Gasteiger charge is 2.48. The molecule has 2 aromatic rings. The van der Waals surface area contributed by atoms with Gasteiger partial charge in [0.1, 0.15) is 16.6 Å². The summed E-state index contributed by atoms with van der Waals surface area (Å²) in [6.07, 6.45) is 0.263. The van der Waals surface area contributed by atoms with Crippen LogP contribution < -0.4 is 10.6 Å². The van der Waals surface area contributed by atoms with Gasteiger partial charge in [0.05, 0.1) is 12.3 Å². The summed E-state index contributed by atoms with van der Waals surface area (Å²) in [5.74, 6) is -0.209. The molecule has 1 aliphatic carbocycles. The molecule has 1 saturated carbocycles. The maximum Gasteiger partial charge on any atom is 0.410 e. The fourth-order valence-electron chi connectivity index (χ4n) is 3.73. The zero-order valence-corrected chi connectivity index (χ0v) is 15.0. The predicted molar refractivity (Wildman–Crippen MR) is 91.7 cm³/mol. The summed E-state index contributed by atoms with van der Waals surface area (Å²) in [5.41, 5.74) is -0.194.